The molecule has 2 heteroatoms. The summed E-state index contributed by atoms with van der Waals surface area (Å²) in [5.74, 6) is 0. The second-order valence-corrected chi connectivity index (χ2v) is 13.0. The molecule has 0 aromatic heterocycles. The van der Waals surface area contributed by atoms with Crippen molar-refractivity contribution in [1.82, 2.24) is 0 Å². The van der Waals surface area contributed by atoms with E-state index < -0.39 is 0 Å². The lowest BCUT2D eigenvalue weighted by molar-refractivity contribution is 0.759. The molecule has 2 atom stereocenters. The maximum Gasteiger partial charge on any atom is 0.0446 e. The molecule has 7 aromatic rings. The topological polar surface area (TPSA) is 6.48 Å². The fourth-order valence-corrected chi connectivity index (χ4v) is 8.25. The maximum absolute atomic E-state index is 2.53. The highest BCUT2D eigenvalue weighted by Gasteiger charge is 2.29. The van der Waals surface area contributed by atoms with Gasteiger partial charge in [-0.05, 0) is 118 Å². The Labute approximate surface area is 271 Å². The fraction of sp³-hybridized carbons (Fsp3) is 0.136. The molecule has 7 aromatic carbocycles. The zero-order valence-corrected chi connectivity index (χ0v) is 26.3. The van der Waals surface area contributed by atoms with Crippen LogP contribution in [-0.2, 0) is 12.8 Å². The molecule has 0 saturated carbocycles. The van der Waals surface area contributed by atoms with Crippen molar-refractivity contribution in [3.63, 3.8) is 0 Å². The first-order valence-corrected chi connectivity index (χ1v) is 16.5. The number of hydrogen-bond acceptors (Lipinski definition) is 2. The van der Waals surface area contributed by atoms with E-state index in [4.69, 9.17) is 0 Å². The third kappa shape index (κ3) is 4.17. The van der Waals surface area contributed by atoms with Crippen LogP contribution in [0.2, 0.25) is 0 Å². The smallest absolute Gasteiger partial charge is 0.0446 e. The Kier molecular flexibility index (Phi) is 6.24. The van der Waals surface area contributed by atoms with Gasteiger partial charge >= 0.3 is 0 Å². The van der Waals surface area contributed by atoms with Crippen LogP contribution in [0.15, 0.2) is 146 Å². The third-order valence-corrected chi connectivity index (χ3v) is 10.2. The van der Waals surface area contributed by atoms with Crippen LogP contribution < -0.4 is 9.80 Å². The van der Waals surface area contributed by atoms with Gasteiger partial charge in [0.15, 0.2) is 0 Å². The lowest BCUT2D eigenvalue weighted by Crippen LogP contribution is -2.23. The number of rotatable bonds is 4. The Morgan fingerprint density at radius 3 is 1.24 bits per heavy atom. The van der Waals surface area contributed by atoms with Crippen molar-refractivity contribution in [2.45, 2.75) is 38.8 Å². The summed E-state index contributed by atoms with van der Waals surface area (Å²) in [6.07, 6.45) is 2.13. The van der Waals surface area contributed by atoms with E-state index in [0.29, 0.717) is 12.1 Å². The summed E-state index contributed by atoms with van der Waals surface area (Å²) in [5, 5.41) is 5.15. The molecule has 2 aliphatic rings. The zero-order valence-electron chi connectivity index (χ0n) is 26.3. The summed E-state index contributed by atoms with van der Waals surface area (Å²) in [6.45, 7) is 4.69. The standard InChI is InChI=1S/C44H36N2/c1-29-25-33-17-9-11-19-41(33)45(29)35-21-23-37-39(27-35)43(31-13-5-3-6-14-31)38-24-22-36(28-40(38)44(37)32-15-7-4-8-16-32)46-30(2)26-34-18-10-12-20-42(34)46/h3-24,27-30H,25-26H2,1-2H3. The van der Waals surface area contributed by atoms with Gasteiger partial charge in [-0.3, -0.25) is 0 Å². The second kappa shape index (κ2) is 10.6. The first kappa shape index (κ1) is 27.0. The number of benzene rings is 7. The van der Waals surface area contributed by atoms with Gasteiger partial charge in [0.1, 0.15) is 0 Å². The van der Waals surface area contributed by atoms with Crippen LogP contribution in [0.4, 0.5) is 22.7 Å². The quantitative estimate of drug-likeness (QED) is 0.188. The summed E-state index contributed by atoms with van der Waals surface area (Å²) in [5.41, 5.74) is 13.1. The average molecular weight is 593 g/mol. The van der Waals surface area contributed by atoms with E-state index in [9.17, 15) is 0 Å². The van der Waals surface area contributed by atoms with Crippen molar-refractivity contribution in [3.8, 4) is 22.3 Å². The van der Waals surface area contributed by atoms with E-state index in [0.717, 1.165) is 12.8 Å². The second-order valence-electron chi connectivity index (χ2n) is 13.0. The first-order valence-electron chi connectivity index (χ1n) is 16.5. The van der Waals surface area contributed by atoms with Gasteiger partial charge < -0.3 is 9.80 Å². The summed E-state index contributed by atoms with van der Waals surface area (Å²) < 4.78 is 0. The van der Waals surface area contributed by atoms with Crippen LogP contribution in [0, 0.1) is 0 Å². The van der Waals surface area contributed by atoms with Gasteiger partial charge in [-0.15, -0.1) is 0 Å². The van der Waals surface area contributed by atoms with Gasteiger partial charge in [-0.25, -0.2) is 0 Å². The van der Waals surface area contributed by atoms with Gasteiger partial charge in [0, 0.05) is 34.8 Å². The highest BCUT2D eigenvalue weighted by atomic mass is 15.2. The minimum atomic E-state index is 0.400. The highest BCUT2D eigenvalue weighted by Crippen LogP contribution is 2.48. The molecule has 0 amide bonds. The normalized spacial score (nSPS) is 17.1. The SMILES string of the molecule is CC1Cc2ccccc2N1c1ccc2c(-c3ccccc3)c3cc(N4c5ccccc5CC4C)ccc3c(-c3ccccc3)c2c1. The number of nitrogens with zero attached hydrogens (tertiary/aromatic N) is 2. The van der Waals surface area contributed by atoms with Crippen LogP contribution >= 0.6 is 0 Å². The molecule has 0 saturated heterocycles. The van der Waals surface area contributed by atoms with E-state index in [-0.39, 0.29) is 0 Å². The summed E-state index contributed by atoms with van der Waals surface area (Å²) in [7, 11) is 0. The van der Waals surface area contributed by atoms with E-state index in [1.807, 2.05) is 0 Å². The highest BCUT2D eigenvalue weighted by molar-refractivity contribution is 6.22. The van der Waals surface area contributed by atoms with Crippen LogP contribution in [0.5, 0.6) is 0 Å². The molecular weight excluding hydrogens is 556 g/mol. The van der Waals surface area contributed by atoms with E-state index in [1.165, 1.54) is 77.7 Å². The Hall–Kier alpha value is -5.34. The molecule has 0 bridgehead atoms. The molecule has 2 nitrogen and oxygen atoms in total. The van der Waals surface area contributed by atoms with Gasteiger partial charge in [-0.2, -0.15) is 0 Å². The predicted molar refractivity (Wildman–Crippen MR) is 196 cm³/mol. The van der Waals surface area contributed by atoms with Crippen molar-refractivity contribution in [3.05, 3.63) is 157 Å². The Bertz CT molecular complexity index is 2090. The Morgan fingerprint density at radius 2 is 0.804 bits per heavy atom. The zero-order chi connectivity index (χ0) is 30.8. The molecule has 2 unspecified atom stereocenters. The van der Waals surface area contributed by atoms with Gasteiger partial charge in [0.2, 0.25) is 0 Å². The van der Waals surface area contributed by atoms with Crippen molar-refractivity contribution in [2.75, 3.05) is 9.80 Å². The van der Waals surface area contributed by atoms with Gasteiger partial charge in [0.25, 0.3) is 0 Å². The van der Waals surface area contributed by atoms with Crippen molar-refractivity contribution < 1.29 is 0 Å². The number of anilines is 4. The number of para-hydroxylation sites is 2. The first-order chi connectivity index (χ1) is 22.7. The molecule has 222 valence electrons. The number of fused-ring (bicyclic) bond motifs is 4. The minimum Gasteiger partial charge on any atom is -0.338 e. The van der Waals surface area contributed by atoms with Crippen LogP contribution in [0.1, 0.15) is 25.0 Å². The Balaban J connectivity index is 1.36. The number of hydrogen-bond donors (Lipinski definition) is 0. The van der Waals surface area contributed by atoms with Gasteiger partial charge in [0.05, 0.1) is 0 Å². The molecule has 46 heavy (non-hydrogen) atoms. The summed E-state index contributed by atoms with van der Waals surface area (Å²) in [6, 6.07) is 54.9. The monoisotopic (exact) mass is 592 g/mol. The molecule has 0 N–H and O–H groups in total. The lowest BCUT2D eigenvalue weighted by Gasteiger charge is -2.28. The maximum atomic E-state index is 2.53. The summed E-state index contributed by atoms with van der Waals surface area (Å²) >= 11 is 0. The van der Waals surface area contributed by atoms with Crippen molar-refractivity contribution in [2.24, 2.45) is 0 Å². The third-order valence-electron chi connectivity index (χ3n) is 10.2. The molecular formula is C44H36N2. The van der Waals surface area contributed by atoms with E-state index in [2.05, 4.69) is 169 Å². The van der Waals surface area contributed by atoms with Crippen LogP contribution in [0.3, 0.4) is 0 Å². The predicted octanol–water partition coefficient (Wildman–Crippen LogP) is 11.5. The molecule has 2 aliphatic heterocycles. The van der Waals surface area contributed by atoms with Crippen LogP contribution in [0.25, 0.3) is 43.8 Å². The molecule has 9 rings (SSSR count). The molecule has 0 spiro atoms. The largest absolute Gasteiger partial charge is 0.338 e. The van der Waals surface area contributed by atoms with E-state index >= 15 is 0 Å². The van der Waals surface area contributed by atoms with Crippen molar-refractivity contribution >= 4 is 44.3 Å². The summed E-state index contributed by atoms with van der Waals surface area (Å²) in [4.78, 5) is 5.07. The molecule has 2 heterocycles. The lowest BCUT2D eigenvalue weighted by atomic mass is 9.85. The van der Waals surface area contributed by atoms with Crippen molar-refractivity contribution in [1.29, 1.82) is 0 Å². The molecule has 0 aliphatic carbocycles. The van der Waals surface area contributed by atoms with E-state index in [1.54, 1.807) is 0 Å². The minimum absolute atomic E-state index is 0.400. The molecule has 0 fully saturated rings. The average Bonchev–Trinajstić information content (AvgIpc) is 3.62. The van der Waals surface area contributed by atoms with Crippen LogP contribution in [-0.4, -0.2) is 12.1 Å². The van der Waals surface area contributed by atoms with Gasteiger partial charge in [-0.1, -0.05) is 109 Å². The molecule has 0 radical (unpaired) electrons. The fourth-order valence-electron chi connectivity index (χ4n) is 8.25. The Morgan fingerprint density at radius 1 is 0.413 bits per heavy atom.